The van der Waals surface area contributed by atoms with Crippen molar-refractivity contribution < 1.29 is 0 Å². The van der Waals surface area contributed by atoms with E-state index >= 15 is 0 Å². The lowest BCUT2D eigenvalue weighted by molar-refractivity contribution is 0.352. The molecule has 2 unspecified atom stereocenters. The molecule has 0 bridgehead atoms. The zero-order valence-electron chi connectivity index (χ0n) is 14.6. The molecular weight excluding hydrogens is 260 g/mol. The largest absolute Gasteiger partial charge is 0.356 e. The zero-order valence-corrected chi connectivity index (χ0v) is 14.6. The maximum atomic E-state index is 4.67. The van der Waals surface area contributed by atoms with Gasteiger partial charge in [-0.15, -0.1) is 0 Å². The van der Waals surface area contributed by atoms with Crippen molar-refractivity contribution in [2.24, 2.45) is 24.8 Å². The van der Waals surface area contributed by atoms with E-state index in [1.165, 1.54) is 17.8 Å². The van der Waals surface area contributed by atoms with Crippen molar-refractivity contribution in [1.82, 2.24) is 15.1 Å². The summed E-state index contributed by atoms with van der Waals surface area (Å²) in [6, 6.07) is 0. The number of anilines is 1. The van der Waals surface area contributed by atoms with Crippen molar-refractivity contribution in [3.63, 3.8) is 0 Å². The van der Waals surface area contributed by atoms with E-state index < -0.39 is 0 Å². The van der Waals surface area contributed by atoms with Crippen LogP contribution in [0.15, 0.2) is 0 Å². The molecular formula is C17H32N4. The molecule has 0 saturated carbocycles. The van der Waals surface area contributed by atoms with Crippen LogP contribution < -0.4 is 10.2 Å². The topological polar surface area (TPSA) is 33.1 Å². The van der Waals surface area contributed by atoms with Crippen LogP contribution in [0.25, 0.3) is 0 Å². The maximum Gasteiger partial charge on any atom is 0.131 e. The molecule has 1 saturated heterocycles. The van der Waals surface area contributed by atoms with E-state index in [1.54, 1.807) is 0 Å². The summed E-state index contributed by atoms with van der Waals surface area (Å²) in [6.45, 7) is 15.6. The molecule has 1 fully saturated rings. The van der Waals surface area contributed by atoms with Gasteiger partial charge >= 0.3 is 0 Å². The molecule has 1 N–H and O–H groups in total. The Labute approximate surface area is 129 Å². The zero-order chi connectivity index (χ0) is 15.6. The first kappa shape index (κ1) is 16.3. The monoisotopic (exact) mass is 292 g/mol. The maximum absolute atomic E-state index is 4.67. The Hall–Kier alpha value is -1.03. The first-order chi connectivity index (χ1) is 9.88. The van der Waals surface area contributed by atoms with Gasteiger partial charge in [0.1, 0.15) is 5.82 Å². The van der Waals surface area contributed by atoms with Crippen molar-refractivity contribution in [3.05, 3.63) is 11.3 Å². The normalized spacial score (nSPS) is 23.1. The molecule has 0 aliphatic carbocycles. The molecule has 1 aliphatic heterocycles. The quantitative estimate of drug-likeness (QED) is 0.906. The fourth-order valence-corrected chi connectivity index (χ4v) is 3.61. The summed E-state index contributed by atoms with van der Waals surface area (Å²) in [5.41, 5.74) is 2.54. The van der Waals surface area contributed by atoms with Crippen LogP contribution in [0.3, 0.4) is 0 Å². The Morgan fingerprint density at radius 1 is 1.24 bits per heavy atom. The summed E-state index contributed by atoms with van der Waals surface area (Å²) < 4.78 is 2.08. The Morgan fingerprint density at radius 2 is 1.86 bits per heavy atom. The third-order valence-corrected chi connectivity index (χ3v) is 4.34. The molecule has 1 aromatic heterocycles. The SMILES string of the molecule is Cc1nn(C)c(N2CC(C)CC(C)C2)c1CNCC(C)C. The van der Waals surface area contributed by atoms with Gasteiger partial charge in [0, 0.05) is 32.2 Å². The molecule has 0 aromatic carbocycles. The Kier molecular flexibility index (Phi) is 5.31. The van der Waals surface area contributed by atoms with Gasteiger partial charge in [-0.25, -0.2) is 0 Å². The van der Waals surface area contributed by atoms with Crippen LogP contribution >= 0.6 is 0 Å². The summed E-state index contributed by atoms with van der Waals surface area (Å²) >= 11 is 0. The summed E-state index contributed by atoms with van der Waals surface area (Å²) in [5, 5.41) is 8.25. The van der Waals surface area contributed by atoms with E-state index in [0.717, 1.165) is 43.7 Å². The molecule has 21 heavy (non-hydrogen) atoms. The minimum Gasteiger partial charge on any atom is -0.356 e. The number of aryl methyl sites for hydroxylation is 2. The van der Waals surface area contributed by atoms with E-state index in [2.05, 4.69) is 61.7 Å². The Bertz CT molecular complexity index is 454. The second-order valence-electron chi connectivity index (χ2n) is 7.39. The summed E-state index contributed by atoms with van der Waals surface area (Å²) in [6.07, 6.45) is 1.34. The van der Waals surface area contributed by atoms with Gasteiger partial charge in [0.15, 0.2) is 0 Å². The van der Waals surface area contributed by atoms with Crippen molar-refractivity contribution in [3.8, 4) is 0 Å². The van der Waals surface area contributed by atoms with Gasteiger partial charge in [0.2, 0.25) is 0 Å². The van der Waals surface area contributed by atoms with E-state index in [4.69, 9.17) is 0 Å². The van der Waals surface area contributed by atoms with Crippen LogP contribution in [0.4, 0.5) is 5.82 Å². The number of hydrogen-bond acceptors (Lipinski definition) is 3. The Morgan fingerprint density at radius 3 is 2.43 bits per heavy atom. The van der Waals surface area contributed by atoms with E-state index in [0.29, 0.717) is 5.92 Å². The van der Waals surface area contributed by atoms with E-state index in [9.17, 15) is 0 Å². The van der Waals surface area contributed by atoms with Crippen molar-refractivity contribution >= 4 is 5.82 Å². The van der Waals surface area contributed by atoms with Gasteiger partial charge < -0.3 is 10.2 Å². The van der Waals surface area contributed by atoms with Crippen molar-refractivity contribution in [1.29, 1.82) is 0 Å². The predicted molar refractivity (Wildman–Crippen MR) is 89.6 cm³/mol. The van der Waals surface area contributed by atoms with Crippen LogP contribution in [-0.4, -0.2) is 29.4 Å². The molecule has 4 nitrogen and oxygen atoms in total. The van der Waals surface area contributed by atoms with Crippen molar-refractivity contribution in [2.45, 2.75) is 47.6 Å². The molecule has 1 aliphatic rings. The molecule has 120 valence electrons. The van der Waals surface area contributed by atoms with Crippen LogP contribution in [-0.2, 0) is 13.6 Å². The Balaban J connectivity index is 2.17. The second kappa shape index (κ2) is 6.82. The van der Waals surface area contributed by atoms with Gasteiger partial charge in [-0.1, -0.05) is 27.7 Å². The lowest BCUT2D eigenvalue weighted by Crippen LogP contribution is -2.40. The third-order valence-electron chi connectivity index (χ3n) is 4.34. The number of nitrogens with one attached hydrogen (secondary N) is 1. The molecule has 0 spiro atoms. The highest BCUT2D eigenvalue weighted by atomic mass is 15.4. The molecule has 2 atom stereocenters. The summed E-state index contributed by atoms with van der Waals surface area (Å²) in [7, 11) is 2.08. The molecule has 0 radical (unpaired) electrons. The molecule has 0 amide bonds. The highest BCUT2D eigenvalue weighted by molar-refractivity contribution is 5.50. The van der Waals surface area contributed by atoms with Crippen LogP contribution in [0.1, 0.15) is 45.4 Å². The number of piperidine rings is 1. The minimum atomic E-state index is 0.681. The molecule has 2 rings (SSSR count). The van der Waals surface area contributed by atoms with Crippen molar-refractivity contribution in [2.75, 3.05) is 24.5 Å². The van der Waals surface area contributed by atoms with Gasteiger partial charge in [0.05, 0.1) is 5.69 Å². The second-order valence-corrected chi connectivity index (χ2v) is 7.39. The lowest BCUT2D eigenvalue weighted by atomic mass is 9.91. The fraction of sp³-hybridized carbons (Fsp3) is 0.824. The number of rotatable bonds is 5. The van der Waals surface area contributed by atoms with Crippen LogP contribution in [0.2, 0.25) is 0 Å². The van der Waals surface area contributed by atoms with Gasteiger partial charge in [-0.05, 0) is 37.6 Å². The number of aromatic nitrogens is 2. The smallest absolute Gasteiger partial charge is 0.131 e. The number of hydrogen-bond donors (Lipinski definition) is 1. The van der Waals surface area contributed by atoms with Gasteiger partial charge in [-0.3, -0.25) is 4.68 Å². The molecule has 4 heteroatoms. The highest BCUT2D eigenvalue weighted by Gasteiger charge is 2.26. The summed E-state index contributed by atoms with van der Waals surface area (Å²) in [4.78, 5) is 2.55. The van der Waals surface area contributed by atoms with E-state index in [1.807, 2.05) is 0 Å². The summed E-state index contributed by atoms with van der Waals surface area (Å²) in [5.74, 6) is 3.53. The average molecular weight is 292 g/mol. The standard InChI is InChI=1S/C17H32N4/c1-12(2)8-18-9-16-15(5)19-20(6)17(16)21-10-13(3)7-14(4)11-21/h12-14,18H,7-11H2,1-6H3. The first-order valence-corrected chi connectivity index (χ1v) is 8.36. The molecule has 1 aromatic rings. The van der Waals surface area contributed by atoms with Gasteiger partial charge in [0.25, 0.3) is 0 Å². The lowest BCUT2D eigenvalue weighted by Gasteiger charge is -2.37. The predicted octanol–water partition coefficient (Wildman–Crippen LogP) is 2.96. The fourth-order valence-electron chi connectivity index (χ4n) is 3.61. The molecule has 2 heterocycles. The van der Waals surface area contributed by atoms with Gasteiger partial charge in [-0.2, -0.15) is 5.10 Å². The third kappa shape index (κ3) is 4.00. The first-order valence-electron chi connectivity index (χ1n) is 8.36. The highest BCUT2D eigenvalue weighted by Crippen LogP contribution is 2.30. The van der Waals surface area contributed by atoms with E-state index in [-0.39, 0.29) is 0 Å². The minimum absolute atomic E-state index is 0.681. The van der Waals surface area contributed by atoms with Crippen LogP contribution in [0.5, 0.6) is 0 Å². The average Bonchev–Trinajstić information content (AvgIpc) is 2.62. The van der Waals surface area contributed by atoms with Crippen LogP contribution in [0, 0.1) is 24.7 Å². The number of nitrogens with zero attached hydrogens (tertiary/aromatic N) is 3.